The number of aromatic nitrogens is 4. The fraction of sp³-hybridized carbons (Fsp3) is 0.211. The van der Waals surface area contributed by atoms with Crippen molar-refractivity contribution in [2.45, 2.75) is 6.54 Å². The SMILES string of the molecule is COc1cc(/C=N/NC(=O)Cn2nnc(-c3ccccc3)n2)cc(OC)c1OC. The van der Waals surface area contributed by atoms with Gasteiger partial charge in [-0.3, -0.25) is 4.79 Å². The van der Waals surface area contributed by atoms with Crippen LogP contribution in [0.4, 0.5) is 0 Å². The van der Waals surface area contributed by atoms with Crippen LogP contribution in [0.5, 0.6) is 17.2 Å². The lowest BCUT2D eigenvalue weighted by atomic mass is 10.2. The molecule has 1 amide bonds. The van der Waals surface area contributed by atoms with E-state index in [9.17, 15) is 4.79 Å². The summed E-state index contributed by atoms with van der Waals surface area (Å²) < 4.78 is 15.8. The Morgan fingerprint density at radius 1 is 1.10 bits per heavy atom. The van der Waals surface area contributed by atoms with Crippen molar-refractivity contribution < 1.29 is 19.0 Å². The summed E-state index contributed by atoms with van der Waals surface area (Å²) in [5, 5.41) is 16.0. The molecule has 0 saturated heterocycles. The summed E-state index contributed by atoms with van der Waals surface area (Å²) in [7, 11) is 4.57. The first kappa shape index (κ1) is 19.8. The topological polar surface area (TPSA) is 113 Å². The van der Waals surface area contributed by atoms with Gasteiger partial charge in [-0.25, -0.2) is 5.43 Å². The van der Waals surface area contributed by atoms with Gasteiger partial charge in [0.1, 0.15) is 6.54 Å². The second kappa shape index (κ2) is 9.31. The molecule has 1 N–H and O–H groups in total. The van der Waals surface area contributed by atoms with Gasteiger partial charge in [-0.1, -0.05) is 30.3 Å². The number of hydrazone groups is 1. The zero-order valence-electron chi connectivity index (χ0n) is 16.2. The van der Waals surface area contributed by atoms with Gasteiger partial charge in [0.25, 0.3) is 5.91 Å². The summed E-state index contributed by atoms with van der Waals surface area (Å²) in [5.74, 6) is 1.49. The number of methoxy groups -OCH3 is 3. The first-order valence-electron chi connectivity index (χ1n) is 8.59. The number of nitrogens with one attached hydrogen (secondary N) is 1. The first-order valence-corrected chi connectivity index (χ1v) is 8.59. The highest BCUT2D eigenvalue weighted by atomic mass is 16.5. The van der Waals surface area contributed by atoms with Crippen LogP contribution in [-0.4, -0.2) is 53.7 Å². The van der Waals surface area contributed by atoms with E-state index in [-0.39, 0.29) is 6.54 Å². The van der Waals surface area contributed by atoms with Gasteiger partial charge >= 0.3 is 0 Å². The summed E-state index contributed by atoms with van der Waals surface area (Å²) >= 11 is 0. The van der Waals surface area contributed by atoms with E-state index in [1.54, 1.807) is 12.1 Å². The quantitative estimate of drug-likeness (QED) is 0.454. The molecule has 0 unspecified atom stereocenters. The summed E-state index contributed by atoms with van der Waals surface area (Å²) in [6.45, 7) is -0.119. The number of rotatable bonds is 8. The van der Waals surface area contributed by atoms with Gasteiger partial charge in [-0.05, 0) is 17.3 Å². The van der Waals surface area contributed by atoms with Gasteiger partial charge in [-0.2, -0.15) is 9.90 Å². The van der Waals surface area contributed by atoms with Crippen molar-refractivity contribution in [3.63, 3.8) is 0 Å². The third-order valence-electron chi connectivity index (χ3n) is 3.86. The number of hydrogen-bond donors (Lipinski definition) is 1. The van der Waals surface area contributed by atoms with E-state index >= 15 is 0 Å². The summed E-state index contributed by atoms with van der Waals surface area (Å²) in [6, 6.07) is 12.8. The van der Waals surface area contributed by atoms with Crippen molar-refractivity contribution in [1.29, 1.82) is 0 Å². The van der Waals surface area contributed by atoms with E-state index in [0.29, 0.717) is 28.6 Å². The number of amides is 1. The van der Waals surface area contributed by atoms with E-state index in [0.717, 1.165) is 5.56 Å². The Balaban J connectivity index is 1.62. The molecule has 0 fully saturated rings. The van der Waals surface area contributed by atoms with Crippen LogP contribution in [0.25, 0.3) is 11.4 Å². The molecule has 1 aromatic heterocycles. The highest BCUT2D eigenvalue weighted by molar-refractivity contribution is 5.84. The van der Waals surface area contributed by atoms with Crippen LogP contribution in [0.2, 0.25) is 0 Å². The zero-order chi connectivity index (χ0) is 20.6. The third kappa shape index (κ3) is 4.86. The second-order valence-corrected chi connectivity index (χ2v) is 5.76. The molecule has 0 aliphatic rings. The molecule has 3 aromatic rings. The molecule has 2 aromatic carbocycles. The minimum Gasteiger partial charge on any atom is -0.493 e. The molecule has 0 spiro atoms. The Bertz CT molecular complexity index is 978. The minimum atomic E-state index is -0.397. The molecule has 10 nitrogen and oxygen atoms in total. The Kier molecular flexibility index (Phi) is 6.36. The molecule has 0 bridgehead atoms. The number of benzene rings is 2. The number of carbonyl (C=O) groups is 1. The van der Waals surface area contributed by atoms with Crippen LogP contribution in [0.15, 0.2) is 47.6 Å². The van der Waals surface area contributed by atoms with Crippen molar-refractivity contribution in [2.24, 2.45) is 5.10 Å². The molecule has 10 heteroatoms. The first-order chi connectivity index (χ1) is 14.1. The highest BCUT2D eigenvalue weighted by Crippen LogP contribution is 2.37. The lowest BCUT2D eigenvalue weighted by Crippen LogP contribution is -2.24. The summed E-state index contributed by atoms with van der Waals surface area (Å²) in [4.78, 5) is 13.3. The molecule has 0 aliphatic heterocycles. The van der Waals surface area contributed by atoms with Crippen molar-refractivity contribution >= 4 is 12.1 Å². The smallest absolute Gasteiger partial charge is 0.263 e. The molecule has 3 rings (SSSR count). The Morgan fingerprint density at radius 2 is 1.79 bits per heavy atom. The third-order valence-corrected chi connectivity index (χ3v) is 3.86. The van der Waals surface area contributed by atoms with Gasteiger partial charge in [0, 0.05) is 11.1 Å². The van der Waals surface area contributed by atoms with Crippen LogP contribution >= 0.6 is 0 Å². The Hall–Kier alpha value is -3.95. The largest absolute Gasteiger partial charge is 0.493 e. The number of tetrazole rings is 1. The van der Waals surface area contributed by atoms with Gasteiger partial charge in [0.05, 0.1) is 27.5 Å². The second-order valence-electron chi connectivity index (χ2n) is 5.76. The summed E-state index contributed by atoms with van der Waals surface area (Å²) in [5.41, 5.74) is 3.90. The fourth-order valence-electron chi connectivity index (χ4n) is 2.53. The van der Waals surface area contributed by atoms with Crippen molar-refractivity contribution in [1.82, 2.24) is 25.6 Å². The van der Waals surface area contributed by atoms with Crippen LogP contribution < -0.4 is 19.6 Å². The molecule has 150 valence electrons. The van der Waals surface area contributed by atoms with Gasteiger partial charge < -0.3 is 14.2 Å². The normalized spacial score (nSPS) is 10.7. The van der Waals surface area contributed by atoms with E-state index in [1.807, 2.05) is 30.3 Å². The number of nitrogens with zero attached hydrogens (tertiary/aromatic N) is 5. The minimum absolute atomic E-state index is 0.119. The summed E-state index contributed by atoms with van der Waals surface area (Å²) in [6.07, 6.45) is 1.46. The lowest BCUT2D eigenvalue weighted by Gasteiger charge is -2.12. The fourth-order valence-corrected chi connectivity index (χ4v) is 2.53. The van der Waals surface area contributed by atoms with E-state index in [1.165, 1.54) is 32.3 Å². The number of ether oxygens (including phenoxy) is 3. The van der Waals surface area contributed by atoms with Crippen LogP contribution in [0.1, 0.15) is 5.56 Å². The Labute approximate surface area is 167 Å². The van der Waals surface area contributed by atoms with Crippen LogP contribution in [0, 0.1) is 0 Å². The van der Waals surface area contributed by atoms with Gasteiger partial charge in [0.2, 0.25) is 11.6 Å². The molecule has 0 atom stereocenters. The maximum Gasteiger partial charge on any atom is 0.263 e. The number of hydrogen-bond acceptors (Lipinski definition) is 8. The molecular weight excluding hydrogens is 376 g/mol. The standard InChI is InChI=1S/C19H20N6O4/c1-27-15-9-13(10-16(28-2)18(15)29-3)11-20-21-17(26)12-25-23-19(22-24-25)14-7-5-4-6-8-14/h4-11H,12H2,1-3H3,(H,21,26)/b20-11+. The van der Waals surface area contributed by atoms with Crippen LogP contribution in [-0.2, 0) is 11.3 Å². The molecular formula is C19H20N6O4. The highest BCUT2D eigenvalue weighted by Gasteiger charge is 2.12. The predicted molar refractivity (Wildman–Crippen MR) is 105 cm³/mol. The molecule has 0 saturated carbocycles. The number of carbonyl (C=O) groups excluding carboxylic acids is 1. The van der Waals surface area contributed by atoms with Crippen LogP contribution in [0.3, 0.4) is 0 Å². The zero-order valence-corrected chi connectivity index (χ0v) is 16.2. The predicted octanol–water partition coefficient (Wildman–Crippen LogP) is 1.52. The molecule has 1 heterocycles. The van der Waals surface area contributed by atoms with Gasteiger partial charge in [0.15, 0.2) is 11.5 Å². The average molecular weight is 396 g/mol. The van der Waals surface area contributed by atoms with E-state index in [2.05, 4.69) is 25.9 Å². The maximum atomic E-state index is 12.1. The Morgan fingerprint density at radius 3 is 2.41 bits per heavy atom. The van der Waals surface area contributed by atoms with E-state index < -0.39 is 5.91 Å². The monoisotopic (exact) mass is 396 g/mol. The lowest BCUT2D eigenvalue weighted by molar-refractivity contribution is -0.122. The van der Waals surface area contributed by atoms with Crippen molar-refractivity contribution in [3.8, 4) is 28.6 Å². The van der Waals surface area contributed by atoms with Gasteiger partial charge in [-0.15, -0.1) is 10.2 Å². The average Bonchev–Trinajstić information content (AvgIpc) is 3.21. The molecule has 29 heavy (non-hydrogen) atoms. The maximum absolute atomic E-state index is 12.1. The van der Waals surface area contributed by atoms with Crippen molar-refractivity contribution in [2.75, 3.05) is 21.3 Å². The van der Waals surface area contributed by atoms with E-state index in [4.69, 9.17) is 14.2 Å². The van der Waals surface area contributed by atoms with Crippen molar-refractivity contribution in [3.05, 3.63) is 48.0 Å². The molecule has 0 radical (unpaired) electrons. The molecule has 0 aliphatic carbocycles.